The van der Waals surface area contributed by atoms with E-state index in [1.807, 2.05) is 12.1 Å². The average Bonchev–Trinajstić information content (AvgIpc) is 3.30. The van der Waals surface area contributed by atoms with Gasteiger partial charge in [-0.15, -0.1) is 0 Å². The molecule has 2 nitrogen and oxygen atoms in total. The second-order valence-electron chi connectivity index (χ2n) is 6.96. The van der Waals surface area contributed by atoms with E-state index in [1.165, 1.54) is 32.1 Å². The molecular formula is C19H28O2. The average molecular weight is 288 g/mol. The summed E-state index contributed by atoms with van der Waals surface area (Å²) < 4.78 is 5.79. The summed E-state index contributed by atoms with van der Waals surface area (Å²) >= 11 is 0. The molecule has 0 amide bonds. The SMILES string of the molecule is CCCC1CCCC(O)(c2ccc(OC3CC3)cc2)CC1. The Morgan fingerprint density at radius 3 is 2.52 bits per heavy atom. The van der Waals surface area contributed by atoms with Gasteiger partial charge < -0.3 is 9.84 Å². The topological polar surface area (TPSA) is 29.5 Å². The van der Waals surface area contributed by atoms with E-state index in [0.717, 1.165) is 42.9 Å². The molecule has 1 aromatic rings. The van der Waals surface area contributed by atoms with E-state index < -0.39 is 5.60 Å². The van der Waals surface area contributed by atoms with Crippen LogP contribution in [-0.2, 0) is 5.60 Å². The molecule has 1 N–H and O–H groups in total. The molecule has 2 unspecified atom stereocenters. The largest absolute Gasteiger partial charge is 0.490 e. The summed E-state index contributed by atoms with van der Waals surface area (Å²) in [5.41, 5.74) is 0.448. The van der Waals surface area contributed by atoms with E-state index in [1.54, 1.807) is 0 Å². The summed E-state index contributed by atoms with van der Waals surface area (Å²) in [7, 11) is 0. The minimum atomic E-state index is -0.624. The fourth-order valence-corrected chi connectivity index (χ4v) is 3.60. The summed E-state index contributed by atoms with van der Waals surface area (Å²) in [6.45, 7) is 2.26. The fraction of sp³-hybridized carbons (Fsp3) is 0.684. The minimum Gasteiger partial charge on any atom is -0.490 e. The molecule has 116 valence electrons. The fourth-order valence-electron chi connectivity index (χ4n) is 3.60. The van der Waals surface area contributed by atoms with Crippen LogP contribution in [0.15, 0.2) is 24.3 Å². The second-order valence-corrected chi connectivity index (χ2v) is 6.96. The van der Waals surface area contributed by atoms with Crippen molar-refractivity contribution < 1.29 is 9.84 Å². The lowest BCUT2D eigenvalue weighted by atomic mass is 9.86. The Balaban J connectivity index is 1.65. The standard InChI is InChI=1S/C19H28O2/c1-2-4-15-5-3-13-19(20,14-12-15)16-6-8-17(9-7-16)21-18-10-11-18/h6-9,15,18,20H,2-5,10-14H2,1H3. The molecule has 2 saturated carbocycles. The zero-order valence-corrected chi connectivity index (χ0v) is 13.2. The van der Waals surface area contributed by atoms with Crippen molar-refractivity contribution in [1.29, 1.82) is 0 Å². The van der Waals surface area contributed by atoms with Crippen LogP contribution in [0.5, 0.6) is 5.75 Å². The Morgan fingerprint density at radius 1 is 1.10 bits per heavy atom. The molecule has 0 heterocycles. The van der Waals surface area contributed by atoms with E-state index in [9.17, 15) is 5.11 Å². The maximum atomic E-state index is 11.1. The van der Waals surface area contributed by atoms with Crippen LogP contribution < -0.4 is 4.74 Å². The van der Waals surface area contributed by atoms with Crippen molar-refractivity contribution in [3.8, 4) is 5.75 Å². The Hall–Kier alpha value is -1.02. The van der Waals surface area contributed by atoms with Crippen molar-refractivity contribution in [2.24, 2.45) is 5.92 Å². The first-order chi connectivity index (χ1) is 10.2. The van der Waals surface area contributed by atoms with Gasteiger partial charge in [-0.05, 0) is 62.1 Å². The quantitative estimate of drug-likeness (QED) is 0.789. The lowest BCUT2D eigenvalue weighted by Gasteiger charge is -2.27. The highest BCUT2D eigenvalue weighted by Gasteiger charge is 2.32. The normalized spacial score (nSPS) is 29.9. The zero-order valence-electron chi connectivity index (χ0n) is 13.2. The highest BCUT2D eigenvalue weighted by atomic mass is 16.5. The molecule has 0 radical (unpaired) electrons. The molecule has 0 aromatic heterocycles. The number of aliphatic hydroxyl groups is 1. The maximum Gasteiger partial charge on any atom is 0.119 e. The van der Waals surface area contributed by atoms with E-state index >= 15 is 0 Å². The number of hydrogen-bond donors (Lipinski definition) is 1. The summed E-state index contributed by atoms with van der Waals surface area (Å²) in [5.74, 6) is 1.75. The van der Waals surface area contributed by atoms with E-state index in [-0.39, 0.29) is 0 Å². The highest BCUT2D eigenvalue weighted by molar-refractivity contribution is 5.31. The van der Waals surface area contributed by atoms with Gasteiger partial charge in [-0.2, -0.15) is 0 Å². The van der Waals surface area contributed by atoms with Crippen LogP contribution >= 0.6 is 0 Å². The van der Waals surface area contributed by atoms with E-state index in [2.05, 4.69) is 19.1 Å². The third kappa shape index (κ3) is 3.79. The van der Waals surface area contributed by atoms with Crippen LogP contribution in [0.1, 0.15) is 70.3 Å². The van der Waals surface area contributed by atoms with Crippen molar-refractivity contribution in [3.05, 3.63) is 29.8 Å². The second kappa shape index (κ2) is 6.39. The highest BCUT2D eigenvalue weighted by Crippen LogP contribution is 2.39. The van der Waals surface area contributed by atoms with Gasteiger partial charge in [0.2, 0.25) is 0 Å². The third-order valence-corrected chi connectivity index (χ3v) is 5.08. The first kappa shape index (κ1) is 14.9. The number of rotatable bonds is 5. The van der Waals surface area contributed by atoms with Crippen molar-refractivity contribution in [2.45, 2.75) is 76.4 Å². The smallest absolute Gasteiger partial charge is 0.119 e. The number of hydrogen-bond acceptors (Lipinski definition) is 2. The molecular weight excluding hydrogens is 260 g/mol. The van der Waals surface area contributed by atoms with Crippen LogP contribution in [0.4, 0.5) is 0 Å². The van der Waals surface area contributed by atoms with Crippen LogP contribution in [-0.4, -0.2) is 11.2 Å². The molecule has 1 aromatic carbocycles. The predicted molar refractivity (Wildman–Crippen MR) is 85.5 cm³/mol. The molecule has 2 fully saturated rings. The van der Waals surface area contributed by atoms with Gasteiger partial charge in [0.05, 0.1) is 11.7 Å². The predicted octanol–water partition coefficient (Wildman–Crippen LogP) is 4.80. The molecule has 2 heteroatoms. The monoisotopic (exact) mass is 288 g/mol. The summed E-state index contributed by atoms with van der Waals surface area (Å²) in [6, 6.07) is 8.19. The number of ether oxygens (including phenoxy) is 1. The van der Waals surface area contributed by atoms with Crippen molar-refractivity contribution in [1.82, 2.24) is 0 Å². The van der Waals surface area contributed by atoms with E-state index in [0.29, 0.717) is 6.10 Å². The Kier molecular flexibility index (Phi) is 4.54. The Bertz CT molecular complexity index is 449. The van der Waals surface area contributed by atoms with E-state index in [4.69, 9.17) is 4.74 Å². The minimum absolute atomic E-state index is 0.437. The molecule has 2 aliphatic carbocycles. The summed E-state index contributed by atoms with van der Waals surface area (Å²) in [5, 5.41) is 11.1. The molecule has 2 aliphatic rings. The van der Waals surface area contributed by atoms with Gasteiger partial charge in [-0.3, -0.25) is 0 Å². The summed E-state index contributed by atoms with van der Waals surface area (Å²) in [6.07, 6.45) is 10.8. The van der Waals surface area contributed by atoms with Gasteiger partial charge >= 0.3 is 0 Å². The van der Waals surface area contributed by atoms with Crippen molar-refractivity contribution >= 4 is 0 Å². The van der Waals surface area contributed by atoms with Gasteiger partial charge in [-0.1, -0.05) is 38.3 Å². The molecule has 0 bridgehead atoms. The molecule has 0 saturated heterocycles. The Morgan fingerprint density at radius 2 is 1.86 bits per heavy atom. The lowest BCUT2D eigenvalue weighted by Crippen LogP contribution is -2.24. The molecule has 0 aliphatic heterocycles. The van der Waals surface area contributed by atoms with Gasteiger partial charge in [-0.25, -0.2) is 0 Å². The van der Waals surface area contributed by atoms with Gasteiger partial charge in [0.1, 0.15) is 5.75 Å². The summed E-state index contributed by atoms with van der Waals surface area (Å²) in [4.78, 5) is 0. The van der Waals surface area contributed by atoms with Gasteiger partial charge in [0.25, 0.3) is 0 Å². The molecule has 0 spiro atoms. The van der Waals surface area contributed by atoms with Crippen LogP contribution in [0.2, 0.25) is 0 Å². The van der Waals surface area contributed by atoms with Crippen LogP contribution in [0.3, 0.4) is 0 Å². The zero-order chi connectivity index (χ0) is 14.7. The van der Waals surface area contributed by atoms with Crippen molar-refractivity contribution in [2.75, 3.05) is 0 Å². The lowest BCUT2D eigenvalue weighted by molar-refractivity contribution is 0.0195. The van der Waals surface area contributed by atoms with Crippen molar-refractivity contribution in [3.63, 3.8) is 0 Å². The number of benzene rings is 1. The van der Waals surface area contributed by atoms with Gasteiger partial charge in [0.15, 0.2) is 0 Å². The Labute approximate surface area is 128 Å². The van der Waals surface area contributed by atoms with Crippen LogP contribution in [0.25, 0.3) is 0 Å². The van der Waals surface area contributed by atoms with Crippen LogP contribution in [0, 0.1) is 5.92 Å². The molecule has 3 rings (SSSR count). The first-order valence-corrected chi connectivity index (χ1v) is 8.69. The molecule has 21 heavy (non-hydrogen) atoms. The van der Waals surface area contributed by atoms with Gasteiger partial charge in [0, 0.05) is 0 Å². The maximum absolute atomic E-state index is 11.1. The third-order valence-electron chi connectivity index (χ3n) is 5.08. The first-order valence-electron chi connectivity index (χ1n) is 8.69. The molecule has 2 atom stereocenters.